The van der Waals surface area contributed by atoms with E-state index in [4.69, 9.17) is 22.7 Å². The van der Waals surface area contributed by atoms with E-state index in [1.54, 1.807) is 18.0 Å². The van der Waals surface area contributed by atoms with E-state index in [2.05, 4.69) is 4.98 Å². The maximum absolute atomic E-state index is 7.49. The molecule has 0 radical (unpaired) electrons. The van der Waals surface area contributed by atoms with Gasteiger partial charge in [-0.1, -0.05) is 29.8 Å². The van der Waals surface area contributed by atoms with E-state index in [1.807, 2.05) is 36.4 Å². The Balaban J connectivity index is 1.96. The molecule has 5 heteroatoms. The molecule has 1 aromatic carbocycles. The number of nitrogens with zero attached hydrogens (tertiary/aromatic N) is 1. The van der Waals surface area contributed by atoms with Gasteiger partial charge in [0.2, 0.25) is 0 Å². The number of amidine groups is 1. The number of hydrogen-bond donors (Lipinski definition) is 2. The van der Waals surface area contributed by atoms with Gasteiger partial charge in [-0.05, 0) is 29.3 Å². The largest absolute Gasteiger partial charge is 0.382 e. The van der Waals surface area contributed by atoms with Crippen molar-refractivity contribution in [3.05, 3.63) is 64.4 Å². The molecule has 0 aliphatic heterocycles. The van der Waals surface area contributed by atoms with Gasteiger partial charge in [0.15, 0.2) is 0 Å². The summed E-state index contributed by atoms with van der Waals surface area (Å²) in [5, 5.41) is 8.24. The van der Waals surface area contributed by atoms with Gasteiger partial charge >= 0.3 is 0 Å². The summed E-state index contributed by atoms with van der Waals surface area (Å²) < 4.78 is 0. The molecule has 3 nitrogen and oxygen atoms in total. The highest BCUT2D eigenvalue weighted by Crippen LogP contribution is 2.20. The molecular weight excluding hydrogens is 278 g/mol. The Hall–Kier alpha value is -1.52. The first-order chi connectivity index (χ1) is 9.16. The number of rotatable bonds is 5. The van der Waals surface area contributed by atoms with E-state index in [1.165, 1.54) is 5.56 Å². The molecule has 2 rings (SSSR count). The maximum Gasteiger partial charge on any atom is 0.142 e. The van der Waals surface area contributed by atoms with Crippen molar-refractivity contribution in [1.29, 1.82) is 5.41 Å². The number of nitrogens with one attached hydrogen (secondary N) is 1. The third-order valence-electron chi connectivity index (χ3n) is 2.59. The summed E-state index contributed by atoms with van der Waals surface area (Å²) in [5.41, 5.74) is 8.31. The van der Waals surface area contributed by atoms with Crippen LogP contribution < -0.4 is 5.73 Å². The molecule has 0 spiro atoms. The lowest BCUT2D eigenvalue weighted by atomic mass is 10.2. The smallest absolute Gasteiger partial charge is 0.142 e. The van der Waals surface area contributed by atoms with E-state index < -0.39 is 0 Å². The van der Waals surface area contributed by atoms with Gasteiger partial charge in [0.1, 0.15) is 11.5 Å². The van der Waals surface area contributed by atoms with Crippen molar-refractivity contribution in [2.75, 3.05) is 0 Å². The normalized spacial score (nSPS) is 10.4. The molecular formula is C14H14ClN3S. The summed E-state index contributed by atoms with van der Waals surface area (Å²) >= 11 is 7.61. The van der Waals surface area contributed by atoms with Crippen LogP contribution in [0.4, 0.5) is 0 Å². The Bertz CT molecular complexity index is 569. The lowest BCUT2D eigenvalue weighted by Crippen LogP contribution is -2.15. The highest BCUT2D eigenvalue weighted by molar-refractivity contribution is 7.97. The average Bonchev–Trinajstić information content (AvgIpc) is 2.41. The van der Waals surface area contributed by atoms with Crippen molar-refractivity contribution < 1.29 is 0 Å². The van der Waals surface area contributed by atoms with Crippen molar-refractivity contribution in [3.63, 3.8) is 0 Å². The van der Waals surface area contributed by atoms with E-state index >= 15 is 0 Å². The molecule has 2 aromatic rings. The monoisotopic (exact) mass is 291 g/mol. The van der Waals surface area contributed by atoms with Crippen LogP contribution in [-0.4, -0.2) is 10.8 Å². The highest BCUT2D eigenvalue weighted by Gasteiger charge is 2.06. The Morgan fingerprint density at radius 2 is 1.95 bits per heavy atom. The molecule has 0 aliphatic rings. The lowest BCUT2D eigenvalue weighted by Gasteiger charge is -2.07. The first-order valence-corrected chi connectivity index (χ1v) is 7.30. The fourth-order valence-corrected chi connectivity index (χ4v) is 2.77. The van der Waals surface area contributed by atoms with Crippen molar-refractivity contribution in [1.82, 2.24) is 4.98 Å². The van der Waals surface area contributed by atoms with Gasteiger partial charge in [0.25, 0.3) is 0 Å². The van der Waals surface area contributed by atoms with Crippen LogP contribution in [0, 0.1) is 5.41 Å². The molecule has 0 bridgehead atoms. The Labute approximate surface area is 121 Å². The number of aromatic nitrogens is 1. The van der Waals surface area contributed by atoms with Crippen LogP contribution in [-0.2, 0) is 11.5 Å². The zero-order chi connectivity index (χ0) is 13.7. The highest BCUT2D eigenvalue weighted by atomic mass is 35.5. The van der Waals surface area contributed by atoms with Crippen LogP contribution in [0.3, 0.4) is 0 Å². The Kier molecular flexibility index (Phi) is 4.82. The minimum atomic E-state index is 0.0164. The summed E-state index contributed by atoms with van der Waals surface area (Å²) in [7, 11) is 0. The molecule has 98 valence electrons. The van der Waals surface area contributed by atoms with Crippen molar-refractivity contribution >= 4 is 29.2 Å². The molecule has 1 heterocycles. The first-order valence-electron chi connectivity index (χ1n) is 5.77. The second-order valence-electron chi connectivity index (χ2n) is 4.04. The number of benzene rings is 1. The van der Waals surface area contributed by atoms with Crippen LogP contribution in [0.1, 0.15) is 16.8 Å². The zero-order valence-electron chi connectivity index (χ0n) is 10.3. The lowest BCUT2D eigenvalue weighted by molar-refractivity contribution is 1.19. The molecule has 1 aromatic heterocycles. The van der Waals surface area contributed by atoms with Crippen LogP contribution in [0.15, 0.2) is 42.6 Å². The van der Waals surface area contributed by atoms with Crippen molar-refractivity contribution in [2.45, 2.75) is 11.5 Å². The number of halogens is 1. The molecule has 0 amide bonds. The standard InChI is InChI=1S/C14H14ClN3S/c15-12-5-3-10(4-6-12)8-19-9-11-2-1-7-18-13(11)14(16)17/h1-7H,8-9H2,(H3,16,17). The zero-order valence-corrected chi connectivity index (χ0v) is 11.8. The summed E-state index contributed by atoms with van der Waals surface area (Å²) in [6.07, 6.45) is 1.66. The van der Waals surface area contributed by atoms with E-state index in [9.17, 15) is 0 Å². The molecule has 0 saturated carbocycles. The Morgan fingerprint density at radius 3 is 2.63 bits per heavy atom. The van der Waals surface area contributed by atoms with Gasteiger partial charge in [0, 0.05) is 22.7 Å². The molecule has 0 atom stereocenters. The quantitative estimate of drug-likeness (QED) is 0.655. The minimum absolute atomic E-state index is 0.0164. The molecule has 3 N–H and O–H groups in total. The van der Waals surface area contributed by atoms with Gasteiger partial charge in [-0.25, -0.2) is 0 Å². The second-order valence-corrected chi connectivity index (χ2v) is 5.47. The molecule has 0 unspecified atom stereocenters. The van der Waals surface area contributed by atoms with E-state index in [0.717, 1.165) is 22.1 Å². The average molecular weight is 292 g/mol. The predicted octanol–water partition coefficient (Wildman–Crippen LogP) is 3.45. The number of thioether (sulfide) groups is 1. The topological polar surface area (TPSA) is 62.8 Å². The third kappa shape index (κ3) is 3.98. The second kappa shape index (κ2) is 6.59. The fourth-order valence-electron chi connectivity index (χ4n) is 1.66. The maximum atomic E-state index is 7.49. The summed E-state index contributed by atoms with van der Waals surface area (Å²) in [6, 6.07) is 11.6. The SMILES string of the molecule is N=C(N)c1ncccc1CSCc1ccc(Cl)cc1. The summed E-state index contributed by atoms with van der Waals surface area (Å²) in [5.74, 6) is 1.69. The minimum Gasteiger partial charge on any atom is -0.382 e. The first kappa shape index (κ1) is 13.9. The molecule has 0 saturated heterocycles. The number of hydrogen-bond acceptors (Lipinski definition) is 3. The van der Waals surface area contributed by atoms with Gasteiger partial charge in [-0.2, -0.15) is 11.8 Å². The van der Waals surface area contributed by atoms with Crippen molar-refractivity contribution in [3.8, 4) is 0 Å². The van der Waals surface area contributed by atoms with Gasteiger partial charge in [-0.15, -0.1) is 0 Å². The summed E-state index contributed by atoms with van der Waals surface area (Å²) in [4.78, 5) is 4.14. The van der Waals surface area contributed by atoms with Crippen LogP contribution >= 0.6 is 23.4 Å². The Morgan fingerprint density at radius 1 is 1.21 bits per heavy atom. The van der Waals surface area contributed by atoms with E-state index in [-0.39, 0.29) is 5.84 Å². The van der Waals surface area contributed by atoms with Crippen molar-refractivity contribution in [2.24, 2.45) is 5.73 Å². The van der Waals surface area contributed by atoms with E-state index in [0.29, 0.717) is 5.69 Å². The van der Waals surface area contributed by atoms with Gasteiger partial charge < -0.3 is 5.73 Å². The number of pyridine rings is 1. The predicted molar refractivity (Wildman–Crippen MR) is 81.7 cm³/mol. The third-order valence-corrected chi connectivity index (χ3v) is 3.89. The number of nitrogens with two attached hydrogens (primary N) is 1. The number of nitrogen functional groups attached to an aromatic ring is 1. The molecule has 0 fully saturated rings. The fraction of sp³-hybridized carbons (Fsp3) is 0.143. The van der Waals surface area contributed by atoms with Crippen LogP contribution in [0.2, 0.25) is 5.02 Å². The molecule has 19 heavy (non-hydrogen) atoms. The van der Waals surface area contributed by atoms with Crippen LogP contribution in [0.5, 0.6) is 0 Å². The van der Waals surface area contributed by atoms with Crippen LogP contribution in [0.25, 0.3) is 0 Å². The van der Waals surface area contributed by atoms with Gasteiger partial charge in [0.05, 0.1) is 0 Å². The molecule has 0 aliphatic carbocycles. The summed E-state index contributed by atoms with van der Waals surface area (Å²) in [6.45, 7) is 0. The van der Waals surface area contributed by atoms with Gasteiger partial charge in [-0.3, -0.25) is 10.4 Å².